The number of rotatable bonds is 2. The summed E-state index contributed by atoms with van der Waals surface area (Å²) in [4.78, 5) is 14.4. The van der Waals surface area contributed by atoms with Crippen molar-refractivity contribution in [3.8, 4) is 0 Å². The lowest BCUT2D eigenvalue weighted by Crippen LogP contribution is -2.10. The standard InChI is InChI=1S/C15H15ClN2OS/c16-11-6-5-10(8-12(11)17)18-15(19)14-7-9-3-1-2-4-13(9)20-14/h5-8H,1-4,17H2,(H,18,19). The van der Waals surface area contributed by atoms with Gasteiger partial charge >= 0.3 is 0 Å². The maximum atomic E-state index is 12.3. The minimum absolute atomic E-state index is 0.0777. The molecule has 104 valence electrons. The number of halogens is 1. The van der Waals surface area contributed by atoms with Crippen LogP contribution in [0.4, 0.5) is 11.4 Å². The molecule has 0 unspecified atom stereocenters. The zero-order valence-corrected chi connectivity index (χ0v) is 12.5. The van der Waals surface area contributed by atoms with Gasteiger partial charge in [-0.15, -0.1) is 11.3 Å². The van der Waals surface area contributed by atoms with Gasteiger partial charge in [0.15, 0.2) is 0 Å². The van der Waals surface area contributed by atoms with E-state index in [4.69, 9.17) is 17.3 Å². The summed E-state index contributed by atoms with van der Waals surface area (Å²) in [6, 6.07) is 7.14. The Morgan fingerprint density at radius 3 is 2.80 bits per heavy atom. The predicted octanol–water partition coefficient (Wildman–Crippen LogP) is 4.11. The largest absolute Gasteiger partial charge is 0.397 e. The number of carbonyl (C=O) groups excluding carboxylic acids is 1. The Balaban J connectivity index is 1.78. The van der Waals surface area contributed by atoms with Crippen LogP contribution in [-0.2, 0) is 12.8 Å². The van der Waals surface area contributed by atoms with Crippen LogP contribution < -0.4 is 11.1 Å². The second kappa shape index (κ2) is 5.46. The molecule has 0 spiro atoms. The fourth-order valence-electron chi connectivity index (χ4n) is 2.42. The monoisotopic (exact) mass is 306 g/mol. The van der Waals surface area contributed by atoms with E-state index in [1.807, 2.05) is 6.07 Å². The van der Waals surface area contributed by atoms with Crippen LogP contribution >= 0.6 is 22.9 Å². The van der Waals surface area contributed by atoms with E-state index in [-0.39, 0.29) is 5.91 Å². The van der Waals surface area contributed by atoms with Gasteiger partial charge < -0.3 is 11.1 Å². The van der Waals surface area contributed by atoms with Crippen LogP contribution in [0.5, 0.6) is 0 Å². The van der Waals surface area contributed by atoms with Gasteiger partial charge in [-0.3, -0.25) is 4.79 Å². The van der Waals surface area contributed by atoms with Gasteiger partial charge in [-0.1, -0.05) is 11.6 Å². The average Bonchev–Trinajstić information content (AvgIpc) is 2.87. The fourth-order valence-corrected chi connectivity index (χ4v) is 3.68. The number of nitrogens with two attached hydrogens (primary N) is 1. The van der Waals surface area contributed by atoms with Crippen molar-refractivity contribution in [2.45, 2.75) is 25.7 Å². The van der Waals surface area contributed by atoms with E-state index in [0.29, 0.717) is 16.4 Å². The molecule has 1 amide bonds. The molecule has 20 heavy (non-hydrogen) atoms. The first-order chi connectivity index (χ1) is 9.63. The first kappa shape index (κ1) is 13.5. The third kappa shape index (κ3) is 2.67. The van der Waals surface area contributed by atoms with Crippen LogP contribution in [0.1, 0.15) is 33.0 Å². The molecular formula is C15H15ClN2OS. The summed E-state index contributed by atoms with van der Waals surface area (Å²) >= 11 is 7.47. The molecule has 3 nitrogen and oxygen atoms in total. The van der Waals surface area contributed by atoms with E-state index < -0.39 is 0 Å². The minimum atomic E-state index is -0.0777. The van der Waals surface area contributed by atoms with Crippen LogP contribution in [0, 0.1) is 0 Å². The summed E-state index contributed by atoms with van der Waals surface area (Å²) in [5.41, 5.74) is 8.21. The maximum absolute atomic E-state index is 12.3. The average molecular weight is 307 g/mol. The fraction of sp³-hybridized carbons (Fsp3) is 0.267. The first-order valence-corrected chi connectivity index (χ1v) is 7.81. The van der Waals surface area contributed by atoms with Gasteiger partial charge in [-0.25, -0.2) is 0 Å². The van der Waals surface area contributed by atoms with Crippen molar-refractivity contribution in [1.29, 1.82) is 0 Å². The molecular weight excluding hydrogens is 292 g/mol. The van der Waals surface area contributed by atoms with Crippen molar-refractivity contribution in [3.63, 3.8) is 0 Å². The van der Waals surface area contributed by atoms with Gasteiger partial charge in [-0.2, -0.15) is 0 Å². The molecule has 1 aromatic carbocycles. The molecule has 3 rings (SSSR count). The molecule has 0 bridgehead atoms. The number of nitrogens with one attached hydrogen (secondary N) is 1. The van der Waals surface area contributed by atoms with Crippen molar-refractivity contribution in [1.82, 2.24) is 0 Å². The third-order valence-electron chi connectivity index (χ3n) is 3.47. The highest BCUT2D eigenvalue weighted by Crippen LogP contribution is 2.30. The number of benzene rings is 1. The number of aryl methyl sites for hydroxylation is 2. The molecule has 0 radical (unpaired) electrons. The quantitative estimate of drug-likeness (QED) is 0.820. The third-order valence-corrected chi connectivity index (χ3v) is 5.05. The van der Waals surface area contributed by atoms with Crippen LogP contribution in [-0.4, -0.2) is 5.91 Å². The molecule has 0 atom stereocenters. The summed E-state index contributed by atoms with van der Waals surface area (Å²) in [5.74, 6) is -0.0777. The van der Waals surface area contributed by atoms with Crippen LogP contribution in [0.15, 0.2) is 24.3 Å². The molecule has 1 heterocycles. The van der Waals surface area contributed by atoms with E-state index >= 15 is 0 Å². The SMILES string of the molecule is Nc1cc(NC(=O)c2cc3c(s2)CCCC3)ccc1Cl. The van der Waals surface area contributed by atoms with Crippen LogP contribution in [0.3, 0.4) is 0 Å². The van der Waals surface area contributed by atoms with Crippen molar-refractivity contribution < 1.29 is 4.79 Å². The topological polar surface area (TPSA) is 55.1 Å². The van der Waals surface area contributed by atoms with Crippen molar-refractivity contribution >= 4 is 40.2 Å². The zero-order valence-electron chi connectivity index (χ0n) is 10.9. The summed E-state index contributed by atoms with van der Waals surface area (Å²) in [6.45, 7) is 0. The van der Waals surface area contributed by atoms with Crippen molar-refractivity contribution in [3.05, 3.63) is 44.6 Å². The first-order valence-electron chi connectivity index (χ1n) is 6.61. The number of anilines is 2. The molecule has 5 heteroatoms. The second-order valence-corrected chi connectivity index (χ2v) is 6.50. The Kier molecular flexibility index (Phi) is 3.68. The Labute approximate surface area is 126 Å². The van der Waals surface area contributed by atoms with E-state index in [0.717, 1.165) is 17.7 Å². The lowest BCUT2D eigenvalue weighted by Gasteiger charge is -2.08. The van der Waals surface area contributed by atoms with Gasteiger partial charge in [0.2, 0.25) is 0 Å². The number of thiophene rings is 1. The molecule has 2 aromatic rings. The summed E-state index contributed by atoms with van der Waals surface area (Å²) < 4.78 is 0. The number of fused-ring (bicyclic) bond motifs is 1. The molecule has 1 aliphatic rings. The molecule has 0 fully saturated rings. The summed E-state index contributed by atoms with van der Waals surface area (Å²) in [5, 5.41) is 3.36. The van der Waals surface area contributed by atoms with Gasteiger partial charge in [0, 0.05) is 10.6 Å². The minimum Gasteiger partial charge on any atom is -0.397 e. The smallest absolute Gasteiger partial charge is 0.265 e. The highest BCUT2D eigenvalue weighted by atomic mass is 35.5. The van der Waals surface area contributed by atoms with Gasteiger partial charge in [0.25, 0.3) is 5.91 Å². The van der Waals surface area contributed by atoms with E-state index in [1.54, 1.807) is 29.5 Å². The normalized spacial score (nSPS) is 13.8. The Morgan fingerprint density at radius 1 is 1.25 bits per heavy atom. The zero-order chi connectivity index (χ0) is 14.1. The lowest BCUT2D eigenvalue weighted by atomic mass is 9.99. The summed E-state index contributed by atoms with van der Waals surface area (Å²) in [6.07, 6.45) is 4.63. The lowest BCUT2D eigenvalue weighted by molar-refractivity contribution is 0.103. The molecule has 0 saturated heterocycles. The molecule has 3 N–H and O–H groups in total. The van der Waals surface area contributed by atoms with Gasteiger partial charge in [-0.05, 0) is 55.5 Å². The van der Waals surface area contributed by atoms with Crippen LogP contribution in [0.25, 0.3) is 0 Å². The number of hydrogen-bond donors (Lipinski definition) is 2. The number of nitrogen functional groups attached to an aromatic ring is 1. The Morgan fingerprint density at radius 2 is 2.05 bits per heavy atom. The van der Waals surface area contributed by atoms with Crippen LogP contribution in [0.2, 0.25) is 5.02 Å². The second-order valence-electron chi connectivity index (χ2n) is 4.96. The molecule has 0 aliphatic heterocycles. The molecule has 1 aromatic heterocycles. The summed E-state index contributed by atoms with van der Waals surface area (Å²) in [7, 11) is 0. The van der Waals surface area contributed by atoms with E-state index in [9.17, 15) is 4.79 Å². The highest BCUT2D eigenvalue weighted by Gasteiger charge is 2.17. The maximum Gasteiger partial charge on any atom is 0.265 e. The highest BCUT2D eigenvalue weighted by molar-refractivity contribution is 7.14. The molecule has 0 saturated carbocycles. The number of amides is 1. The van der Waals surface area contributed by atoms with Gasteiger partial charge in [0.05, 0.1) is 15.6 Å². The Bertz CT molecular complexity index is 642. The van der Waals surface area contributed by atoms with Crippen molar-refractivity contribution in [2.24, 2.45) is 0 Å². The predicted molar refractivity (Wildman–Crippen MR) is 84.8 cm³/mol. The van der Waals surface area contributed by atoms with E-state index in [2.05, 4.69) is 5.32 Å². The molecule has 1 aliphatic carbocycles. The van der Waals surface area contributed by atoms with Crippen molar-refractivity contribution in [2.75, 3.05) is 11.1 Å². The number of carbonyl (C=O) groups is 1. The number of hydrogen-bond acceptors (Lipinski definition) is 3. The Hall–Kier alpha value is -1.52. The van der Waals surface area contributed by atoms with E-state index in [1.165, 1.54) is 23.3 Å². The van der Waals surface area contributed by atoms with Gasteiger partial charge in [0.1, 0.15) is 0 Å².